The second-order valence-electron chi connectivity index (χ2n) is 0.183. The van der Waals surface area contributed by atoms with Crippen molar-refractivity contribution in [1.82, 2.24) is 0 Å². The number of nitrogens with zero attached hydrogens (tertiary/aromatic N) is 2. The zero-order valence-corrected chi connectivity index (χ0v) is 9.81. The van der Waals surface area contributed by atoms with Crippen molar-refractivity contribution in [1.29, 1.82) is 0 Å². The van der Waals surface area contributed by atoms with Crippen molar-refractivity contribution in [2.24, 2.45) is 0 Å². The maximum atomic E-state index is 7.13. The van der Waals surface area contributed by atoms with Crippen LogP contribution in [0.3, 0.4) is 0 Å². The monoisotopic (exact) mass is 336 g/mol. The van der Waals surface area contributed by atoms with Crippen molar-refractivity contribution in [3.63, 3.8) is 0 Å². The number of hydrogen-bond acceptors (Lipinski definition) is 2. The zero-order chi connectivity index (χ0) is 5.41. The third kappa shape index (κ3) is 164. The van der Waals surface area contributed by atoms with Crippen LogP contribution >= 0.6 is 24.4 Å². The summed E-state index contributed by atoms with van der Waals surface area (Å²) in [6.07, 6.45) is 0. The van der Waals surface area contributed by atoms with Gasteiger partial charge >= 0.3 is 51.9 Å². The molecule has 0 saturated carbocycles. The van der Waals surface area contributed by atoms with E-state index in [0.717, 1.165) is 0 Å². The molecule has 0 fully saturated rings. The maximum absolute atomic E-state index is 7.13. The summed E-state index contributed by atoms with van der Waals surface area (Å²) in [7, 11) is 0. The van der Waals surface area contributed by atoms with Gasteiger partial charge in [0.2, 0.25) is 0 Å². The summed E-state index contributed by atoms with van der Waals surface area (Å²) in [5.74, 6) is 0. The largest absolute Gasteiger partial charge is 1.00 e. The van der Waals surface area contributed by atoms with E-state index in [9.17, 15) is 0 Å². The summed E-state index contributed by atoms with van der Waals surface area (Å²) in [4.78, 5) is 0. The molecule has 0 aliphatic heterocycles. The molecule has 0 amide bonds. The third-order valence-electron chi connectivity index (χ3n) is 0. The van der Waals surface area contributed by atoms with Gasteiger partial charge in [-0.25, -0.2) is 0 Å². The fourth-order valence-corrected chi connectivity index (χ4v) is 0. The van der Waals surface area contributed by atoms with Crippen LogP contribution < -0.4 is 29.6 Å². The third-order valence-corrected chi connectivity index (χ3v) is 0. The van der Waals surface area contributed by atoms with Crippen molar-refractivity contribution in [3.05, 3.63) is 10.8 Å². The summed E-state index contributed by atoms with van der Waals surface area (Å²) in [6, 6.07) is 0. The summed E-state index contributed by atoms with van der Waals surface area (Å²) in [5.41, 5.74) is 0. The molecule has 0 N–H and O–H groups in total. The normalized spacial score (nSPS) is 2.00. The quantitative estimate of drug-likeness (QED) is 0.301. The Kier molecular flexibility index (Phi) is 115. The Morgan fingerprint density at radius 3 is 1.00 bits per heavy atom. The van der Waals surface area contributed by atoms with Gasteiger partial charge in [0.05, 0.1) is 0 Å². The molecular formula is C2AuN2NaS2. The Morgan fingerprint density at radius 1 is 1.00 bits per heavy atom. The fourth-order valence-electron chi connectivity index (χ4n) is 0. The first-order valence-electron chi connectivity index (χ1n) is 0.855. The Balaban J connectivity index is -0.0000000160. The Labute approximate surface area is 96.2 Å². The van der Waals surface area contributed by atoms with Crippen molar-refractivity contribution in [2.75, 3.05) is 0 Å². The zero-order valence-electron chi connectivity index (χ0n) is 4.01. The molecule has 0 aromatic rings. The molecule has 0 aliphatic rings. The fraction of sp³-hybridized carbons (Fsp3) is 0. The molecule has 0 heterocycles. The first-order valence-corrected chi connectivity index (χ1v) is 1.67. The van der Waals surface area contributed by atoms with E-state index in [0.29, 0.717) is 0 Å². The van der Waals surface area contributed by atoms with E-state index in [-0.39, 0.29) is 51.9 Å². The van der Waals surface area contributed by atoms with E-state index in [1.807, 2.05) is 0 Å². The van der Waals surface area contributed by atoms with Gasteiger partial charge in [-0.05, 0) is 0 Å². The molecule has 8 heavy (non-hydrogen) atoms. The Hall–Kier alpha value is 1.34. The van der Waals surface area contributed by atoms with Gasteiger partial charge in [-0.2, -0.15) is 10.3 Å². The standard InChI is InChI=1S/2CNS.Au.Na/c2*2-1-3;;/q2*-1;2*+1. The molecule has 0 saturated heterocycles. The average Bonchev–Trinajstić information content (AvgIpc) is 1.39. The van der Waals surface area contributed by atoms with Crippen LogP contribution in [-0.2, 0) is 22.4 Å². The number of thiocarbonyl (C=S) groups is 2. The molecule has 0 bridgehead atoms. The van der Waals surface area contributed by atoms with Crippen LogP contribution in [0.25, 0.3) is 10.8 Å². The molecule has 0 aromatic heterocycles. The Morgan fingerprint density at radius 2 is 1.00 bits per heavy atom. The molecule has 0 radical (unpaired) electrons. The predicted octanol–water partition coefficient (Wildman–Crippen LogP) is -1.68. The van der Waals surface area contributed by atoms with Crippen molar-refractivity contribution in [2.45, 2.75) is 0 Å². The number of hydrogen-bond donors (Lipinski definition) is 0. The maximum Gasteiger partial charge on any atom is 1.00 e. The minimum atomic E-state index is 0. The molecule has 0 spiro atoms. The van der Waals surface area contributed by atoms with Crippen LogP contribution in [0.15, 0.2) is 0 Å². The molecule has 0 atom stereocenters. The number of isothiocyanates is 2. The molecule has 42 valence electrons. The summed E-state index contributed by atoms with van der Waals surface area (Å²) < 4.78 is 0. The van der Waals surface area contributed by atoms with Gasteiger partial charge < -0.3 is 10.8 Å². The average molecular weight is 336 g/mol. The van der Waals surface area contributed by atoms with Gasteiger partial charge in [0.25, 0.3) is 0 Å². The second-order valence-corrected chi connectivity index (χ2v) is 0.548. The van der Waals surface area contributed by atoms with E-state index in [1.54, 1.807) is 0 Å². The Bertz CT molecular complexity index is 72.0. The predicted molar refractivity (Wildman–Crippen MR) is 31.9 cm³/mol. The molecule has 6 heteroatoms. The van der Waals surface area contributed by atoms with Crippen LogP contribution in [0.4, 0.5) is 0 Å². The van der Waals surface area contributed by atoms with Gasteiger partial charge in [0.1, 0.15) is 0 Å². The molecular weight excluding hydrogens is 336 g/mol. The van der Waals surface area contributed by atoms with E-state index in [2.05, 4.69) is 24.4 Å². The SMILES string of the molecule is [Au+].[N-]=C=S.[N-]=C=S.[Na+]. The van der Waals surface area contributed by atoms with Crippen LogP contribution in [0.2, 0.25) is 0 Å². The molecule has 0 aromatic carbocycles. The van der Waals surface area contributed by atoms with E-state index < -0.39 is 0 Å². The second kappa shape index (κ2) is 40.3. The minimum absolute atomic E-state index is 0. The van der Waals surface area contributed by atoms with Gasteiger partial charge in [0, 0.05) is 0 Å². The topological polar surface area (TPSA) is 44.6 Å². The van der Waals surface area contributed by atoms with Crippen molar-refractivity contribution < 1.29 is 51.9 Å². The van der Waals surface area contributed by atoms with Crippen LogP contribution in [0.5, 0.6) is 0 Å². The summed E-state index contributed by atoms with van der Waals surface area (Å²) >= 11 is 7.40. The smallest absolute Gasteiger partial charge is 0.753 e. The first kappa shape index (κ1) is 22.8. The van der Waals surface area contributed by atoms with Gasteiger partial charge in [-0.1, -0.05) is 24.4 Å². The summed E-state index contributed by atoms with van der Waals surface area (Å²) in [5, 5.41) is 16.9. The minimum Gasteiger partial charge on any atom is -0.753 e. The van der Waals surface area contributed by atoms with Crippen molar-refractivity contribution in [3.8, 4) is 0 Å². The molecule has 0 rings (SSSR count). The first-order chi connectivity index (χ1) is 2.83. The van der Waals surface area contributed by atoms with E-state index in [4.69, 9.17) is 10.8 Å². The van der Waals surface area contributed by atoms with Gasteiger partial charge in [-0.3, -0.25) is 0 Å². The van der Waals surface area contributed by atoms with Gasteiger partial charge in [-0.15, -0.1) is 0 Å². The molecule has 0 aliphatic carbocycles. The van der Waals surface area contributed by atoms with Crippen LogP contribution in [0, 0.1) is 0 Å². The molecule has 2 nitrogen and oxygen atoms in total. The van der Waals surface area contributed by atoms with E-state index in [1.165, 1.54) is 10.3 Å². The van der Waals surface area contributed by atoms with Crippen LogP contribution in [-0.4, -0.2) is 10.3 Å². The van der Waals surface area contributed by atoms with Crippen LogP contribution in [0.1, 0.15) is 0 Å². The van der Waals surface area contributed by atoms with Gasteiger partial charge in [0.15, 0.2) is 0 Å². The molecule has 0 unspecified atom stereocenters. The summed E-state index contributed by atoms with van der Waals surface area (Å²) in [6.45, 7) is 0. The number of rotatable bonds is 0. The van der Waals surface area contributed by atoms with E-state index >= 15 is 0 Å². The van der Waals surface area contributed by atoms with Crippen molar-refractivity contribution >= 4 is 34.8 Å².